The molecule has 122 valence electrons. The summed E-state index contributed by atoms with van der Waals surface area (Å²) in [7, 11) is 0. The summed E-state index contributed by atoms with van der Waals surface area (Å²) >= 11 is 5.98. The van der Waals surface area contributed by atoms with E-state index in [4.69, 9.17) is 16.7 Å². The molecule has 23 heavy (non-hydrogen) atoms. The predicted octanol–water partition coefficient (Wildman–Crippen LogP) is 4.10. The van der Waals surface area contributed by atoms with Gasteiger partial charge in [0.2, 0.25) is 0 Å². The van der Waals surface area contributed by atoms with Gasteiger partial charge in [-0.3, -0.25) is 4.79 Å². The number of halogens is 1. The average molecular weight is 332 g/mol. The molecule has 0 radical (unpaired) electrons. The number of carbonyl (C=O) groups excluding carboxylic acids is 1. The summed E-state index contributed by atoms with van der Waals surface area (Å²) < 4.78 is 1.90. The normalized spacial score (nSPS) is 14.3. The average Bonchev–Trinajstić information content (AvgIpc) is 3.27. The fraction of sp³-hybridized carbons (Fsp3) is 0.444. The van der Waals surface area contributed by atoms with Gasteiger partial charge in [0, 0.05) is 17.0 Å². The minimum atomic E-state index is -0.0148. The first-order valence-electron chi connectivity index (χ1n) is 8.19. The molecular formula is C18H22ClN3O. The molecule has 1 heterocycles. The van der Waals surface area contributed by atoms with Gasteiger partial charge in [-0.1, -0.05) is 18.5 Å². The summed E-state index contributed by atoms with van der Waals surface area (Å²) in [6.07, 6.45) is 2.98. The second-order valence-electron chi connectivity index (χ2n) is 6.35. The van der Waals surface area contributed by atoms with Gasteiger partial charge in [-0.25, -0.2) is 4.68 Å². The van der Waals surface area contributed by atoms with Crippen LogP contribution in [0.25, 0.3) is 5.69 Å². The molecule has 1 aromatic heterocycles. The van der Waals surface area contributed by atoms with E-state index in [1.165, 1.54) is 0 Å². The molecule has 3 rings (SSSR count). The Morgan fingerprint density at radius 2 is 2.00 bits per heavy atom. The second kappa shape index (κ2) is 6.36. The predicted molar refractivity (Wildman–Crippen MR) is 92.5 cm³/mol. The first-order chi connectivity index (χ1) is 11.0. The molecule has 5 heteroatoms. The third-order valence-electron chi connectivity index (χ3n) is 4.03. The van der Waals surface area contributed by atoms with Crippen LogP contribution in [0.5, 0.6) is 0 Å². The van der Waals surface area contributed by atoms with E-state index >= 15 is 0 Å². The highest BCUT2D eigenvalue weighted by atomic mass is 35.5. The van der Waals surface area contributed by atoms with Crippen molar-refractivity contribution >= 4 is 17.5 Å². The first-order valence-corrected chi connectivity index (χ1v) is 8.57. The maximum atomic E-state index is 12.7. The Morgan fingerprint density at radius 1 is 1.35 bits per heavy atom. The van der Waals surface area contributed by atoms with Crippen LogP contribution in [-0.4, -0.2) is 21.7 Å². The van der Waals surface area contributed by atoms with Gasteiger partial charge < -0.3 is 5.32 Å². The monoisotopic (exact) mass is 331 g/mol. The molecule has 1 aliphatic carbocycles. The zero-order valence-electron chi connectivity index (χ0n) is 13.8. The van der Waals surface area contributed by atoms with Crippen LogP contribution >= 0.6 is 11.6 Å². The molecule has 0 saturated heterocycles. The highest BCUT2D eigenvalue weighted by Crippen LogP contribution is 2.42. The highest BCUT2D eigenvalue weighted by molar-refractivity contribution is 6.30. The van der Waals surface area contributed by atoms with E-state index in [0.717, 1.165) is 41.9 Å². The molecule has 1 N–H and O–H groups in total. The molecule has 1 aliphatic rings. The number of hydrogen-bond acceptors (Lipinski definition) is 2. The van der Waals surface area contributed by atoms with Crippen LogP contribution in [-0.2, 0) is 6.42 Å². The number of nitrogens with zero attached hydrogens (tertiary/aromatic N) is 2. The summed E-state index contributed by atoms with van der Waals surface area (Å²) in [5.74, 6) is 0.403. The molecule has 0 aliphatic heterocycles. The minimum Gasteiger partial charge on any atom is -0.350 e. The van der Waals surface area contributed by atoms with Gasteiger partial charge in [0.15, 0.2) is 0 Å². The van der Waals surface area contributed by atoms with E-state index in [9.17, 15) is 4.79 Å². The van der Waals surface area contributed by atoms with E-state index in [2.05, 4.69) is 12.2 Å². The maximum Gasteiger partial charge on any atom is 0.255 e. The molecule has 0 bridgehead atoms. The smallest absolute Gasteiger partial charge is 0.255 e. The van der Waals surface area contributed by atoms with E-state index in [1.54, 1.807) is 0 Å². The summed E-state index contributed by atoms with van der Waals surface area (Å²) in [5, 5.41) is 8.50. The highest BCUT2D eigenvalue weighted by Gasteiger charge is 2.34. The maximum absolute atomic E-state index is 12.7. The van der Waals surface area contributed by atoms with E-state index in [-0.39, 0.29) is 11.9 Å². The van der Waals surface area contributed by atoms with Gasteiger partial charge in [-0.2, -0.15) is 5.10 Å². The molecule has 1 aromatic carbocycles. The number of nitrogens with one attached hydrogen (secondary N) is 1. The number of rotatable bonds is 5. The van der Waals surface area contributed by atoms with Gasteiger partial charge in [0.05, 0.1) is 22.6 Å². The largest absolute Gasteiger partial charge is 0.350 e. The molecule has 1 amide bonds. The van der Waals surface area contributed by atoms with Crippen molar-refractivity contribution in [3.05, 3.63) is 46.2 Å². The van der Waals surface area contributed by atoms with Crippen molar-refractivity contribution in [2.24, 2.45) is 0 Å². The van der Waals surface area contributed by atoms with Gasteiger partial charge in [-0.05, 0) is 57.4 Å². The van der Waals surface area contributed by atoms with Gasteiger partial charge in [0.1, 0.15) is 0 Å². The Hall–Kier alpha value is -1.81. The van der Waals surface area contributed by atoms with Crippen LogP contribution in [0.3, 0.4) is 0 Å². The van der Waals surface area contributed by atoms with Gasteiger partial charge in [-0.15, -0.1) is 0 Å². The molecule has 1 saturated carbocycles. The Labute approximate surface area is 141 Å². The Kier molecular flexibility index (Phi) is 4.44. The summed E-state index contributed by atoms with van der Waals surface area (Å²) in [6.45, 7) is 6.01. The third-order valence-corrected chi connectivity index (χ3v) is 4.28. The van der Waals surface area contributed by atoms with Crippen molar-refractivity contribution in [3.8, 4) is 5.69 Å². The van der Waals surface area contributed by atoms with Crippen molar-refractivity contribution in [2.75, 3.05) is 0 Å². The van der Waals surface area contributed by atoms with Crippen molar-refractivity contribution in [1.29, 1.82) is 0 Å². The molecule has 4 nitrogen and oxygen atoms in total. The molecule has 0 atom stereocenters. The van der Waals surface area contributed by atoms with Crippen molar-refractivity contribution in [3.63, 3.8) is 0 Å². The fourth-order valence-electron chi connectivity index (χ4n) is 2.82. The fourth-order valence-corrected chi connectivity index (χ4v) is 2.94. The Bertz CT molecular complexity index is 715. The summed E-state index contributed by atoms with van der Waals surface area (Å²) in [4.78, 5) is 12.7. The Balaban J connectivity index is 2.10. The number of amides is 1. The van der Waals surface area contributed by atoms with Crippen molar-refractivity contribution in [1.82, 2.24) is 15.1 Å². The summed E-state index contributed by atoms with van der Waals surface area (Å²) in [5.41, 5.74) is 3.61. The van der Waals surface area contributed by atoms with Crippen LogP contribution in [0.4, 0.5) is 0 Å². The lowest BCUT2D eigenvalue weighted by molar-refractivity contribution is 0.0941. The van der Waals surface area contributed by atoms with Gasteiger partial charge in [0.25, 0.3) is 5.91 Å². The van der Waals surface area contributed by atoms with E-state index in [0.29, 0.717) is 10.9 Å². The van der Waals surface area contributed by atoms with Crippen LogP contribution < -0.4 is 5.32 Å². The number of benzene rings is 1. The van der Waals surface area contributed by atoms with Gasteiger partial charge >= 0.3 is 0 Å². The molecule has 2 aromatic rings. The van der Waals surface area contributed by atoms with Crippen LogP contribution in [0.2, 0.25) is 5.02 Å². The Morgan fingerprint density at radius 3 is 2.52 bits per heavy atom. The lowest BCUT2D eigenvalue weighted by Gasteiger charge is -2.11. The first kappa shape index (κ1) is 16.1. The number of hydrogen-bond donors (Lipinski definition) is 1. The molecule has 1 fully saturated rings. The quantitative estimate of drug-likeness (QED) is 0.896. The third kappa shape index (κ3) is 3.27. The zero-order chi connectivity index (χ0) is 16.6. The van der Waals surface area contributed by atoms with E-state index in [1.807, 2.05) is 42.8 Å². The molecule has 0 unspecified atom stereocenters. The lowest BCUT2D eigenvalue weighted by atomic mass is 10.1. The molecular weight excluding hydrogens is 310 g/mol. The lowest BCUT2D eigenvalue weighted by Crippen LogP contribution is -2.31. The molecule has 0 spiro atoms. The van der Waals surface area contributed by atoms with Crippen LogP contribution in [0.1, 0.15) is 61.3 Å². The minimum absolute atomic E-state index is 0.0148. The summed E-state index contributed by atoms with van der Waals surface area (Å²) in [6, 6.07) is 7.69. The second-order valence-corrected chi connectivity index (χ2v) is 6.79. The van der Waals surface area contributed by atoms with Crippen molar-refractivity contribution < 1.29 is 4.79 Å². The topological polar surface area (TPSA) is 46.9 Å². The van der Waals surface area contributed by atoms with Crippen LogP contribution in [0, 0.1) is 0 Å². The number of carbonyl (C=O) groups is 1. The van der Waals surface area contributed by atoms with Crippen LogP contribution in [0.15, 0.2) is 24.3 Å². The van der Waals surface area contributed by atoms with Crippen molar-refractivity contribution in [2.45, 2.75) is 52.0 Å². The zero-order valence-corrected chi connectivity index (χ0v) is 14.5. The SMILES string of the molecule is CCc1c(C(=O)NC(C)C)c(C2CC2)nn1-c1ccc(Cl)cc1. The number of aromatic nitrogens is 2. The van der Waals surface area contributed by atoms with E-state index < -0.39 is 0 Å². The standard InChI is InChI=1S/C18H22ClN3O/c1-4-15-16(18(23)20-11(2)3)17(12-5-6-12)21-22(15)14-9-7-13(19)8-10-14/h7-12H,4-6H2,1-3H3,(H,20,23).